The van der Waals surface area contributed by atoms with Gasteiger partial charge < -0.3 is 5.11 Å². The van der Waals surface area contributed by atoms with Crippen LogP contribution in [0.3, 0.4) is 0 Å². The second-order valence-electron chi connectivity index (χ2n) is 8.02. The molecule has 6 heteroatoms. The third-order valence-electron chi connectivity index (χ3n) is 5.79. The van der Waals surface area contributed by atoms with Gasteiger partial charge in [0.1, 0.15) is 5.56 Å². The average molecular weight is 419 g/mol. The summed E-state index contributed by atoms with van der Waals surface area (Å²) in [4.78, 5) is 12.4. The molecule has 1 aliphatic rings. The van der Waals surface area contributed by atoms with Gasteiger partial charge >= 0.3 is 0 Å². The molecular formula is C24H24N3O2S+. The second-order valence-corrected chi connectivity index (χ2v) is 8.38. The lowest BCUT2D eigenvalue weighted by Gasteiger charge is -2.14. The predicted octanol–water partition coefficient (Wildman–Crippen LogP) is 3.80. The summed E-state index contributed by atoms with van der Waals surface area (Å²) < 4.78 is 5.26. The topological polar surface area (TPSA) is 51.0 Å². The zero-order valence-corrected chi connectivity index (χ0v) is 18.3. The molecular weight excluding hydrogens is 394 g/mol. The van der Waals surface area contributed by atoms with Gasteiger partial charge in [0.15, 0.2) is 16.7 Å². The predicted molar refractivity (Wildman–Crippen MR) is 121 cm³/mol. The Morgan fingerprint density at radius 2 is 1.77 bits per heavy atom. The monoisotopic (exact) mass is 418 g/mol. The zero-order valence-electron chi connectivity index (χ0n) is 17.5. The highest BCUT2D eigenvalue weighted by Crippen LogP contribution is 2.37. The first kappa shape index (κ1) is 20.0. The molecule has 0 fully saturated rings. The van der Waals surface area contributed by atoms with Crippen LogP contribution in [0.4, 0.5) is 0 Å². The summed E-state index contributed by atoms with van der Waals surface area (Å²) in [6.45, 7) is 4.47. The third kappa shape index (κ3) is 3.04. The highest BCUT2D eigenvalue weighted by molar-refractivity contribution is 7.71. The van der Waals surface area contributed by atoms with Crippen molar-refractivity contribution in [1.29, 1.82) is 0 Å². The largest absolute Gasteiger partial charge is 0.494 e. The van der Waals surface area contributed by atoms with E-state index in [0.717, 1.165) is 5.56 Å². The van der Waals surface area contributed by atoms with E-state index in [1.165, 1.54) is 26.1 Å². The van der Waals surface area contributed by atoms with Gasteiger partial charge in [-0.2, -0.15) is 4.57 Å². The van der Waals surface area contributed by atoms with E-state index < -0.39 is 0 Å². The third-order valence-corrected chi connectivity index (χ3v) is 6.33. The molecule has 1 aliphatic heterocycles. The number of hydrogen-bond donors (Lipinski definition) is 1. The van der Waals surface area contributed by atoms with Crippen LogP contribution in [0.2, 0.25) is 0 Å². The number of fused-ring (bicyclic) bond motifs is 3. The van der Waals surface area contributed by atoms with Gasteiger partial charge in [-0.15, -0.1) is 0 Å². The van der Waals surface area contributed by atoms with E-state index in [4.69, 9.17) is 12.2 Å². The molecule has 2 aromatic heterocycles. The number of rotatable bonds is 3. The Morgan fingerprint density at radius 1 is 1.07 bits per heavy atom. The van der Waals surface area contributed by atoms with Gasteiger partial charge in [-0.05, 0) is 37.7 Å². The van der Waals surface area contributed by atoms with Crippen LogP contribution in [0.5, 0.6) is 5.88 Å². The van der Waals surface area contributed by atoms with Gasteiger partial charge in [0.25, 0.3) is 5.56 Å². The van der Waals surface area contributed by atoms with Crippen molar-refractivity contribution in [1.82, 2.24) is 9.13 Å². The molecule has 0 unspecified atom stereocenters. The Balaban J connectivity index is 1.65. The Hall–Kier alpha value is -3.25. The summed E-state index contributed by atoms with van der Waals surface area (Å²) in [7, 11) is 3.23. The lowest BCUT2D eigenvalue weighted by molar-refractivity contribution is -0.599. The fourth-order valence-corrected chi connectivity index (χ4v) is 4.16. The van der Waals surface area contributed by atoms with Crippen molar-refractivity contribution >= 4 is 24.4 Å². The van der Waals surface area contributed by atoms with E-state index in [9.17, 15) is 9.90 Å². The van der Waals surface area contributed by atoms with Gasteiger partial charge in [0.05, 0.1) is 5.41 Å². The Bertz CT molecular complexity index is 1340. The first-order valence-electron chi connectivity index (χ1n) is 9.73. The van der Waals surface area contributed by atoms with Crippen molar-refractivity contribution in [3.05, 3.63) is 92.3 Å². The summed E-state index contributed by atoms with van der Waals surface area (Å²) in [5.41, 5.74) is 4.64. The molecule has 0 saturated carbocycles. The molecule has 152 valence electrons. The second kappa shape index (κ2) is 7.22. The van der Waals surface area contributed by atoms with Crippen molar-refractivity contribution < 1.29 is 9.67 Å². The van der Waals surface area contributed by atoms with E-state index in [1.54, 1.807) is 26.2 Å². The lowest BCUT2D eigenvalue weighted by Crippen LogP contribution is -2.34. The minimum atomic E-state index is -0.325. The molecule has 1 aromatic carbocycles. The molecule has 5 nitrogen and oxygen atoms in total. The van der Waals surface area contributed by atoms with Gasteiger partial charge in [-0.25, -0.2) is 0 Å². The van der Waals surface area contributed by atoms with Crippen LogP contribution in [0, 0.1) is 4.77 Å². The maximum absolute atomic E-state index is 12.4. The summed E-state index contributed by atoms with van der Waals surface area (Å²) in [5.74, 6) is -0.138. The first-order chi connectivity index (χ1) is 14.2. The van der Waals surface area contributed by atoms with Gasteiger partial charge in [-0.3, -0.25) is 13.9 Å². The molecule has 0 radical (unpaired) electrons. The molecule has 1 N–H and O–H groups in total. The van der Waals surface area contributed by atoms with E-state index in [0.29, 0.717) is 0 Å². The van der Waals surface area contributed by atoms with Gasteiger partial charge in [0, 0.05) is 37.9 Å². The fourth-order valence-electron chi connectivity index (χ4n) is 3.99. The smallest absolute Gasteiger partial charge is 0.265 e. The minimum Gasteiger partial charge on any atom is -0.494 e. The summed E-state index contributed by atoms with van der Waals surface area (Å²) >= 11 is 5.14. The molecule has 4 rings (SSSR count). The number of benzene rings is 1. The van der Waals surface area contributed by atoms with Crippen LogP contribution >= 0.6 is 12.2 Å². The fraction of sp³-hybridized carbons (Fsp3) is 0.208. The summed E-state index contributed by atoms with van der Waals surface area (Å²) in [5, 5.41) is 10.3. The quantitative estimate of drug-likeness (QED) is 0.400. The Morgan fingerprint density at radius 3 is 2.53 bits per heavy atom. The molecule has 30 heavy (non-hydrogen) atoms. The van der Waals surface area contributed by atoms with Gasteiger partial charge in [0.2, 0.25) is 11.6 Å². The van der Waals surface area contributed by atoms with Crippen molar-refractivity contribution in [2.24, 2.45) is 14.1 Å². The number of nitrogens with zero attached hydrogens (tertiary/aromatic N) is 3. The van der Waals surface area contributed by atoms with Crippen LogP contribution < -0.4 is 10.1 Å². The summed E-state index contributed by atoms with van der Waals surface area (Å²) in [6.07, 6.45) is 9.29. The standard InChI is InChI=1S/C24H23N3O2S/c1-24(2)18-11-7-8-12-19(18)27-14-13-16(15-20(24)27)9-5-6-10-17-21(28)25(3)23(30)26(4)22(17)29/h5-15H,1-4H3/p+1. The number of aromatic hydroxyl groups is 1. The molecule has 0 aliphatic carbocycles. The normalized spacial score (nSPS) is 14.4. The highest BCUT2D eigenvalue weighted by Gasteiger charge is 2.43. The van der Waals surface area contributed by atoms with Crippen molar-refractivity contribution in [3.8, 4) is 11.6 Å². The Kier molecular flexibility index (Phi) is 4.82. The van der Waals surface area contributed by atoms with E-state index in [-0.39, 0.29) is 27.2 Å². The van der Waals surface area contributed by atoms with Gasteiger partial charge in [-0.1, -0.05) is 36.4 Å². The lowest BCUT2D eigenvalue weighted by atomic mass is 9.83. The van der Waals surface area contributed by atoms with Crippen molar-refractivity contribution in [3.63, 3.8) is 0 Å². The number of aromatic nitrogens is 3. The van der Waals surface area contributed by atoms with E-state index in [2.05, 4.69) is 61.0 Å². The minimum absolute atomic E-state index is 0.0744. The maximum atomic E-state index is 12.4. The number of pyridine rings is 1. The Labute approximate surface area is 180 Å². The maximum Gasteiger partial charge on any atom is 0.265 e. The van der Waals surface area contributed by atoms with Crippen LogP contribution in [-0.2, 0) is 19.5 Å². The molecule has 0 atom stereocenters. The summed E-state index contributed by atoms with van der Waals surface area (Å²) in [6, 6.07) is 12.7. The molecule has 3 aromatic rings. The molecule has 3 heterocycles. The SMILES string of the molecule is Cn1c(O)c(/C=C/C=C/c2cc[n+]3c(c2)C(C)(C)c2ccccc2-3)c(=O)n(C)c1=S. The van der Waals surface area contributed by atoms with E-state index >= 15 is 0 Å². The average Bonchev–Trinajstić information content (AvgIpc) is 2.97. The highest BCUT2D eigenvalue weighted by atomic mass is 32.1. The van der Waals surface area contributed by atoms with Crippen LogP contribution in [-0.4, -0.2) is 14.2 Å². The number of para-hydroxylation sites is 1. The molecule has 0 spiro atoms. The number of allylic oxidation sites excluding steroid dienone is 2. The van der Waals surface area contributed by atoms with Crippen LogP contribution in [0.1, 0.15) is 36.2 Å². The first-order valence-corrected chi connectivity index (χ1v) is 10.1. The molecule has 0 bridgehead atoms. The van der Waals surface area contributed by atoms with Crippen molar-refractivity contribution in [2.75, 3.05) is 0 Å². The van der Waals surface area contributed by atoms with Crippen molar-refractivity contribution in [2.45, 2.75) is 19.3 Å². The molecule has 0 amide bonds. The van der Waals surface area contributed by atoms with Crippen LogP contribution in [0.15, 0.2) is 59.5 Å². The molecule has 0 saturated heterocycles. The van der Waals surface area contributed by atoms with Crippen LogP contribution in [0.25, 0.3) is 17.8 Å². The number of hydrogen-bond acceptors (Lipinski definition) is 3. The van der Waals surface area contributed by atoms with E-state index in [1.807, 2.05) is 12.2 Å². The zero-order chi connectivity index (χ0) is 21.6.